The molecule has 2 aliphatic heterocycles. The molecule has 0 saturated heterocycles. The van der Waals surface area contributed by atoms with Gasteiger partial charge >= 0.3 is 0 Å². The molecular formula is C22H25Cl2N5. The summed E-state index contributed by atoms with van der Waals surface area (Å²) in [6.45, 7) is 2.27. The Morgan fingerprint density at radius 1 is 1.10 bits per heavy atom. The van der Waals surface area contributed by atoms with Crippen molar-refractivity contribution in [3.8, 4) is 0 Å². The van der Waals surface area contributed by atoms with Gasteiger partial charge in [-0.2, -0.15) is 5.10 Å². The molecular weight excluding hydrogens is 405 g/mol. The molecule has 5 nitrogen and oxygen atoms in total. The number of nitrogens with zero attached hydrogens (tertiary/aromatic N) is 5. The number of pyridine rings is 1. The van der Waals surface area contributed by atoms with Gasteiger partial charge in [-0.15, -0.1) is 0 Å². The second-order valence-electron chi connectivity index (χ2n) is 8.39. The molecule has 2 aliphatic carbocycles. The van der Waals surface area contributed by atoms with Crippen LogP contribution < -0.4 is 0 Å². The van der Waals surface area contributed by atoms with Crippen molar-refractivity contribution < 1.29 is 0 Å². The number of hydrazone groups is 1. The average Bonchev–Trinajstić information content (AvgIpc) is 3.11. The maximum Gasteiger partial charge on any atom is 0.149 e. The summed E-state index contributed by atoms with van der Waals surface area (Å²) in [6.07, 6.45) is 14.1. The summed E-state index contributed by atoms with van der Waals surface area (Å²) in [4.78, 5) is 11.4. The van der Waals surface area contributed by atoms with Gasteiger partial charge in [0, 0.05) is 28.9 Å². The van der Waals surface area contributed by atoms with E-state index in [2.05, 4.69) is 34.0 Å². The molecule has 0 radical (unpaired) electrons. The van der Waals surface area contributed by atoms with Crippen LogP contribution in [0.25, 0.3) is 0 Å². The highest BCUT2D eigenvalue weighted by Gasteiger charge is 2.39. The van der Waals surface area contributed by atoms with Crippen molar-refractivity contribution in [2.75, 3.05) is 0 Å². The van der Waals surface area contributed by atoms with E-state index in [1.165, 1.54) is 5.56 Å². The lowest BCUT2D eigenvalue weighted by Crippen LogP contribution is -2.41. The highest BCUT2D eigenvalue weighted by Crippen LogP contribution is 2.40. The van der Waals surface area contributed by atoms with E-state index in [1.54, 1.807) is 6.20 Å². The minimum absolute atomic E-state index is 0.322. The standard InChI is InChI=1S/C22H25Cl2N5/c1-14-18-9-6-16(23)11-20(18)26-12-21-28(14)13-27-29(21)17-7-4-15(5-8-17)19-3-2-10-25-22(19)24/h2-3,10-15,17-18H,4-9H2,1H3. The second-order valence-corrected chi connectivity index (χ2v) is 9.23. The van der Waals surface area contributed by atoms with Crippen molar-refractivity contribution in [3.63, 3.8) is 0 Å². The lowest BCUT2D eigenvalue weighted by molar-refractivity contribution is 0.170. The average molecular weight is 430 g/mol. The van der Waals surface area contributed by atoms with E-state index < -0.39 is 0 Å². The Bertz CT molecular complexity index is 914. The minimum atomic E-state index is 0.322. The van der Waals surface area contributed by atoms with Crippen molar-refractivity contribution in [2.45, 2.75) is 63.5 Å². The van der Waals surface area contributed by atoms with Gasteiger partial charge in [0.2, 0.25) is 0 Å². The van der Waals surface area contributed by atoms with E-state index >= 15 is 0 Å². The predicted octanol–water partition coefficient (Wildman–Crippen LogP) is 5.50. The molecule has 2 atom stereocenters. The van der Waals surface area contributed by atoms with Crippen LogP contribution in [0.1, 0.15) is 56.9 Å². The van der Waals surface area contributed by atoms with Gasteiger partial charge in [0.25, 0.3) is 0 Å². The fourth-order valence-corrected chi connectivity index (χ4v) is 5.63. The molecule has 0 spiro atoms. The topological polar surface area (TPSA) is 44.1 Å². The van der Waals surface area contributed by atoms with Crippen molar-refractivity contribution in [1.29, 1.82) is 0 Å². The van der Waals surface area contributed by atoms with Crippen LogP contribution in [0.15, 0.2) is 51.6 Å². The van der Waals surface area contributed by atoms with E-state index in [0.717, 1.165) is 55.1 Å². The van der Waals surface area contributed by atoms with Gasteiger partial charge in [0.05, 0.1) is 12.2 Å². The first-order chi connectivity index (χ1) is 14.1. The fourth-order valence-electron chi connectivity index (χ4n) is 5.13. The summed E-state index contributed by atoms with van der Waals surface area (Å²) >= 11 is 12.6. The van der Waals surface area contributed by atoms with E-state index in [1.807, 2.05) is 18.6 Å². The largest absolute Gasteiger partial charge is 0.311 e. The van der Waals surface area contributed by atoms with Crippen LogP contribution in [0.3, 0.4) is 0 Å². The summed E-state index contributed by atoms with van der Waals surface area (Å²) in [5, 5.41) is 8.52. The molecule has 7 heteroatoms. The lowest BCUT2D eigenvalue weighted by atomic mass is 9.82. The number of aliphatic imine (C=N–C) groups is 1. The third kappa shape index (κ3) is 3.49. The maximum absolute atomic E-state index is 6.33. The molecule has 29 heavy (non-hydrogen) atoms. The Morgan fingerprint density at radius 2 is 1.93 bits per heavy atom. The number of fused-ring (bicyclic) bond motifs is 2. The van der Waals surface area contributed by atoms with Crippen molar-refractivity contribution in [1.82, 2.24) is 14.9 Å². The summed E-state index contributed by atoms with van der Waals surface area (Å²) < 4.78 is 0. The Morgan fingerprint density at radius 3 is 2.72 bits per heavy atom. The SMILES string of the molecule is CC1C2CCC(Cl)=CC2=NC=C2N1C=NN2C1CCC(c2cccnc2Cl)CC1. The third-order valence-electron chi connectivity index (χ3n) is 6.80. The number of hydrogen-bond acceptors (Lipinski definition) is 5. The zero-order valence-corrected chi connectivity index (χ0v) is 18.0. The highest BCUT2D eigenvalue weighted by molar-refractivity contribution is 6.31. The molecule has 0 amide bonds. The first kappa shape index (κ1) is 19.1. The summed E-state index contributed by atoms with van der Waals surface area (Å²) in [6, 6.07) is 4.80. The van der Waals surface area contributed by atoms with Crippen molar-refractivity contribution in [3.05, 3.63) is 52.2 Å². The third-order valence-corrected chi connectivity index (χ3v) is 7.41. The fraction of sp³-hybridized carbons (Fsp3) is 0.500. The van der Waals surface area contributed by atoms with Crippen molar-refractivity contribution in [2.24, 2.45) is 16.0 Å². The lowest BCUT2D eigenvalue weighted by Gasteiger charge is -2.37. The van der Waals surface area contributed by atoms with Crippen LogP contribution >= 0.6 is 23.2 Å². The first-order valence-electron chi connectivity index (χ1n) is 10.5. The summed E-state index contributed by atoms with van der Waals surface area (Å²) in [7, 11) is 0. The van der Waals surface area contributed by atoms with Gasteiger partial charge in [-0.05, 0) is 69.1 Å². The molecule has 1 saturated carbocycles. The molecule has 0 bridgehead atoms. The molecule has 1 aromatic heterocycles. The Balaban J connectivity index is 1.33. The maximum atomic E-state index is 6.33. The number of allylic oxidation sites excluding steroid dienone is 2. The zero-order chi connectivity index (χ0) is 20.0. The smallest absolute Gasteiger partial charge is 0.149 e. The highest BCUT2D eigenvalue weighted by atomic mass is 35.5. The molecule has 1 aromatic rings. The predicted molar refractivity (Wildman–Crippen MR) is 118 cm³/mol. The molecule has 152 valence electrons. The Kier molecular flexibility index (Phi) is 5.12. The first-order valence-corrected chi connectivity index (χ1v) is 11.2. The molecule has 1 fully saturated rings. The minimum Gasteiger partial charge on any atom is -0.311 e. The van der Waals surface area contributed by atoms with Gasteiger partial charge in [0.15, 0.2) is 0 Å². The molecule has 5 rings (SSSR count). The Labute approximate surface area is 181 Å². The van der Waals surface area contributed by atoms with Crippen LogP contribution in [0, 0.1) is 5.92 Å². The molecule has 2 unspecified atom stereocenters. The van der Waals surface area contributed by atoms with Crippen LogP contribution in [0.4, 0.5) is 0 Å². The van der Waals surface area contributed by atoms with E-state index in [-0.39, 0.29) is 0 Å². The van der Waals surface area contributed by atoms with Gasteiger partial charge in [-0.3, -0.25) is 4.99 Å². The van der Waals surface area contributed by atoms with E-state index in [4.69, 9.17) is 33.3 Å². The van der Waals surface area contributed by atoms with Crippen LogP contribution in [0.2, 0.25) is 5.15 Å². The molecule has 3 heterocycles. The van der Waals surface area contributed by atoms with Crippen LogP contribution in [-0.4, -0.2) is 39.0 Å². The Hall–Kier alpha value is -1.85. The normalized spacial score (nSPS) is 31.5. The number of aromatic nitrogens is 1. The molecule has 0 aromatic carbocycles. The monoisotopic (exact) mass is 429 g/mol. The van der Waals surface area contributed by atoms with Gasteiger partial charge in [0.1, 0.15) is 17.3 Å². The van der Waals surface area contributed by atoms with Crippen LogP contribution in [0.5, 0.6) is 0 Å². The van der Waals surface area contributed by atoms with E-state index in [9.17, 15) is 0 Å². The van der Waals surface area contributed by atoms with Gasteiger partial charge in [-0.25, -0.2) is 9.99 Å². The summed E-state index contributed by atoms with van der Waals surface area (Å²) in [5.74, 6) is 1.96. The van der Waals surface area contributed by atoms with Gasteiger partial charge < -0.3 is 4.90 Å². The van der Waals surface area contributed by atoms with Crippen LogP contribution in [-0.2, 0) is 0 Å². The number of rotatable bonds is 2. The molecule has 4 aliphatic rings. The quantitative estimate of drug-likeness (QED) is 0.583. The zero-order valence-electron chi connectivity index (χ0n) is 16.5. The van der Waals surface area contributed by atoms with Crippen molar-refractivity contribution >= 4 is 35.3 Å². The van der Waals surface area contributed by atoms with Gasteiger partial charge in [-0.1, -0.05) is 29.3 Å². The van der Waals surface area contributed by atoms with E-state index in [0.29, 0.717) is 29.1 Å². The second kappa shape index (κ2) is 7.77. The number of halogens is 2. The molecule has 0 N–H and O–H groups in total. The number of hydrogen-bond donors (Lipinski definition) is 0. The summed E-state index contributed by atoms with van der Waals surface area (Å²) in [5.41, 5.74) is 2.28.